The summed E-state index contributed by atoms with van der Waals surface area (Å²) < 4.78 is 0. The summed E-state index contributed by atoms with van der Waals surface area (Å²) >= 11 is 0. The molecular weight excluding hydrogens is 344 g/mol. The van der Waals surface area contributed by atoms with Crippen LogP contribution in [0, 0.1) is 11.8 Å². The Kier molecular flexibility index (Phi) is 6.94. The van der Waals surface area contributed by atoms with Crippen LogP contribution in [0.4, 0.5) is 5.69 Å². The quantitative estimate of drug-likeness (QED) is 0.271. The number of anilines is 1. The fourth-order valence-corrected chi connectivity index (χ4v) is 2.29. The molecule has 27 heavy (non-hydrogen) atoms. The van der Waals surface area contributed by atoms with Crippen LogP contribution in [0.25, 0.3) is 0 Å². The van der Waals surface area contributed by atoms with Gasteiger partial charge in [-0.3, -0.25) is 14.8 Å². The fourth-order valence-electron chi connectivity index (χ4n) is 2.29. The number of nitrogens with zero attached hydrogens (tertiary/aromatic N) is 1. The third-order valence-corrected chi connectivity index (χ3v) is 3.74. The number of nitrogens with two attached hydrogens (primary N) is 1. The first-order valence-corrected chi connectivity index (χ1v) is 8.30. The molecule has 2 aromatic rings. The fraction of sp³-hybridized carbons (Fsp3) is 0.200. The van der Waals surface area contributed by atoms with Crippen molar-refractivity contribution in [3.05, 3.63) is 65.2 Å². The SMILES string of the molecule is CNCC(NC(=O)c1ccc(C#Cc2ccc(N)cc2)cc1)C(=O)N(C)O. The maximum Gasteiger partial charge on any atom is 0.269 e. The summed E-state index contributed by atoms with van der Waals surface area (Å²) in [5.74, 6) is 5.01. The molecule has 0 spiro atoms. The molecule has 0 heterocycles. The average molecular weight is 366 g/mol. The molecule has 0 aromatic heterocycles. The van der Waals surface area contributed by atoms with E-state index in [1.165, 1.54) is 7.05 Å². The standard InChI is InChI=1S/C20H22N4O3/c1-22-13-18(20(26)24(2)27)23-19(25)16-9-5-14(6-10-16)3-4-15-7-11-17(21)12-8-15/h5-12,18,22,27H,13,21H2,1-2H3,(H,23,25). The Morgan fingerprint density at radius 3 is 2.07 bits per heavy atom. The Hall–Kier alpha value is -3.34. The van der Waals surface area contributed by atoms with E-state index in [2.05, 4.69) is 22.5 Å². The van der Waals surface area contributed by atoms with Crippen molar-refractivity contribution in [3.63, 3.8) is 0 Å². The first-order chi connectivity index (χ1) is 12.9. The van der Waals surface area contributed by atoms with Gasteiger partial charge in [-0.15, -0.1) is 0 Å². The molecule has 2 rings (SSSR count). The molecule has 5 N–H and O–H groups in total. The second-order valence-electron chi connectivity index (χ2n) is 5.89. The molecule has 7 nitrogen and oxygen atoms in total. The van der Waals surface area contributed by atoms with Crippen LogP contribution in [0.3, 0.4) is 0 Å². The second kappa shape index (κ2) is 9.38. The van der Waals surface area contributed by atoms with Gasteiger partial charge in [0.25, 0.3) is 11.8 Å². The summed E-state index contributed by atoms with van der Waals surface area (Å²) in [7, 11) is 2.87. The zero-order chi connectivity index (χ0) is 19.8. The number of nitrogen functional groups attached to an aromatic ring is 1. The molecule has 0 radical (unpaired) electrons. The summed E-state index contributed by atoms with van der Waals surface area (Å²) in [6.45, 7) is 0.195. The van der Waals surface area contributed by atoms with Gasteiger partial charge in [0.1, 0.15) is 6.04 Å². The van der Waals surface area contributed by atoms with Gasteiger partial charge >= 0.3 is 0 Å². The Morgan fingerprint density at radius 2 is 1.59 bits per heavy atom. The van der Waals surface area contributed by atoms with E-state index in [9.17, 15) is 14.8 Å². The van der Waals surface area contributed by atoms with Gasteiger partial charge in [-0.25, -0.2) is 5.06 Å². The van der Waals surface area contributed by atoms with Crippen LogP contribution >= 0.6 is 0 Å². The van der Waals surface area contributed by atoms with Crippen LogP contribution in [0.15, 0.2) is 48.5 Å². The highest BCUT2D eigenvalue weighted by atomic mass is 16.5. The third-order valence-electron chi connectivity index (χ3n) is 3.74. The minimum absolute atomic E-state index is 0.195. The lowest BCUT2D eigenvalue weighted by Crippen LogP contribution is -2.51. The number of likely N-dealkylation sites (N-methyl/N-ethyl adjacent to an activating group) is 2. The van der Waals surface area contributed by atoms with Gasteiger partial charge in [0.2, 0.25) is 0 Å². The van der Waals surface area contributed by atoms with Crippen LogP contribution in [0.1, 0.15) is 21.5 Å². The first kappa shape index (κ1) is 20.0. The molecule has 0 aliphatic heterocycles. The third kappa shape index (κ3) is 5.85. The van der Waals surface area contributed by atoms with Crippen molar-refractivity contribution in [3.8, 4) is 11.8 Å². The van der Waals surface area contributed by atoms with E-state index in [1.54, 1.807) is 43.4 Å². The van der Waals surface area contributed by atoms with Gasteiger partial charge in [0.15, 0.2) is 0 Å². The average Bonchev–Trinajstić information content (AvgIpc) is 2.67. The first-order valence-electron chi connectivity index (χ1n) is 8.30. The van der Waals surface area contributed by atoms with Crippen LogP contribution in [0.5, 0.6) is 0 Å². The number of carbonyl (C=O) groups is 2. The summed E-state index contributed by atoms with van der Waals surface area (Å²) in [6.07, 6.45) is 0. The van der Waals surface area contributed by atoms with E-state index in [4.69, 9.17) is 5.73 Å². The monoisotopic (exact) mass is 366 g/mol. The summed E-state index contributed by atoms with van der Waals surface area (Å²) in [4.78, 5) is 24.2. The highest BCUT2D eigenvalue weighted by molar-refractivity contribution is 5.97. The zero-order valence-electron chi connectivity index (χ0n) is 15.2. The smallest absolute Gasteiger partial charge is 0.269 e. The number of hydrogen-bond donors (Lipinski definition) is 4. The molecule has 0 aliphatic carbocycles. The number of amides is 2. The molecule has 140 valence electrons. The molecule has 0 saturated carbocycles. The summed E-state index contributed by atoms with van der Waals surface area (Å²) in [5, 5.41) is 15.1. The van der Waals surface area contributed by atoms with Crippen LogP contribution in [-0.2, 0) is 4.79 Å². The Morgan fingerprint density at radius 1 is 1.07 bits per heavy atom. The predicted molar refractivity (Wildman–Crippen MR) is 103 cm³/mol. The molecule has 2 aromatic carbocycles. The lowest BCUT2D eigenvalue weighted by Gasteiger charge is -2.20. The van der Waals surface area contributed by atoms with E-state index in [1.807, 2.05) is 12.1 Å². The molecule has 0 bridgehead atoms. The Bertz CT molecular complexity index is 850. The van der Waals surface area contributed by atoms with E-state index < -0.39 is 17.9 Å². The maximum absolute atomic E-state index is 12.3. The number of hydrogen-bond acceptors (Lipinski definition) is 5. The number of rotatable bonds is 5. The maximum atomic E-state index is 12.3. The molecule has 0 fully saturated rings. The van der Waals surface area contributed by atoms with Crippen molar-refractivity contribution in [2.24, 2.45) is 0 Å². The van der Waals surface area contributed by atoms with Gasteiger partial charge in [0, 0.05) is 36.0 Å². The number of carbonyl (C=O) groups excluding carboxylic acids is 2. The zero-order valence-corrected chi connectivity index (χ0v) is 15.2. The molecule has 0 aliphatic rings. The highest BCUT2D eigenvalue weighted by Gasteiger charge is 2.23. The van der Waals surface area contributed by atoms with Crippen LogP contribution in [-0.4, -0.2) is 48.8 Å². The minimum atomic E-state index is -0.873. The van der Waals surface area contributed by atoms with Crippen molar-refractivity contribution < 1.29 is 14.8 Å². The number of benzene rings is 2. The minimum Gasteiger partial charge on any atom is -0.399 e. The Labute approximate surface area is 158 Å². The van der Waals surface area contributed by atoms with Crippen molar-refractivity contribution in [1.82, 2.24) is 15.7 Å². The normalized spacial score (nSPS) is 11.1. The topological polar surface area (TPSA) is 108 Å². The Balaban J connectivity index is 2.06. The molecule has 7 heteroatoms. The van der Waals surface area contributed by atoms with Crippen molar-refractivity contribution in [2.45, 2.75) is 6.04 Å². The number of nitrogens with one attached hydrogen (secondary N) is 2. The van der Waals surface area contributed by atoms with Gasteiger partial charge < -0.3 is 16.4 Å². The summed E-state index contributed by atoms with van der Waals surface area (Å²) in [5.41, 5.74) is 8.30. The summed E-state index contributed by atoms with van der Waals surface area (Å²) in [6, 6.07) is 13.1. The second-order valence-corrected chi connectivity index (χ2v) is 5.89. The largest absolute Gasteiger partial charge is 0.399 e. The van der Waals surface area contributed by atoms with Gasteiger partial charge in [-0.1, -0.05) is 11.8 Å². The van der Waals surface area contributed by atoms with Crippen molar-refractivity contribution >= 4 is 17.5 Å². The van der Waals surface area contributed by atoms with E-state index in [0.29, 0.717) is 16.3 Å². The lowest BCUT2D eigenvalue weighted by molar-refractivity contribution is -0.161. The van der Waals surface area contributed by atoms with E-state index in [0.717, 1.165) is 11.1 Å². The van der Waals surface area contributed by atoms with Gasteiger partial charge in [0.05, 0.1) is 0 Å². The molecular formula is C20H22N4O3. The van der Waals surface area contributed by atoms with Gasteiger partial charge in [-0.05, 0) is 55.6 Å². The van der Waals surface area contributed by atoms with Crippen molar-refractivity contribution in [2.75, 3.05) is 26.4 Å². The lowest BCUT2D eigenvalue weighted by atomic mass is 10.1. The molecule has 1 atom stereocenters. The highest BCUT2D eigenvalue weighted by Crippen LogP contribution is 2.06. The van der Waals surface area contributed by atoms with Gasteiger partial charge in [-0.2, -0.15) is 0 Å². The molecule has 2 amide bonds. The molecule has 1 unspecified atom stereocenters. The predicted octanol–water partition coefficient (Wildman–Crippen LogP) is 0.834. The van der Waals surface area contributed by atoms with E-state index >= 15 is 0 Å². The number of hydroxylamine groups is 2. The van der Waals surface area contributed by atoms with Crippen molar-refractivity contribution in [1.29, 1.82) is 0 Å². The molecule has 0 saturated heterocycles. The van der Waals surface area contributed by atoms with Crippen LogP contribution in [0.2, 0.25) is 0 Å². The van der Waals surface area contributed by atoms with Crippen LogP contribution < -0.4 is 16.4 Å². The van der Waals surface area contributed by atoms with E-state index in [-0.39, 0.29) is 6.54 Å².